The molecule has 0 amide bonds. The summed E-state index contributed by atoms with van der Waals surface area (Å²) in [5.41, 5.74) is 0. The average molecular weight is 758 g/mol. The van der Waals surface area contributed by atoms with Crippen LogP contribution in [0.3, 0.4) is 0 Å². The fourth-order valence-electron chi connectivity index (χ4n) is 5.92. The van der Waals surface area contributed by atoms with Crippen molar-refractivity contribution in [3.8, 4) is 0 Å². The third kappa shape index (κ3) is 40.0. The third-order valence-corrected chi connectivity index (χ3v) is 10.3. The third-order valence-electron chi connectivity index (χ3n) is 9.32. The van der Waals surface area contributed by atoms with Gasteiger partial charge < -0.3 is 27.9 Å². The molecule has 0 aromatic heterocycles. The predicted molar refractivity (Wildman–Crippen MR) is 217 cm³/mol. The number of phosphoric ester groups is 1. The van der Waals surface area contributed by atoms with E-state index in [2.05, 4.69) is 26.0 Å². The van der Waals surface area contributed by atoms with E-state index in [1.165, 1.54) is 128 Å². The highest BCUT2D eigenvalue weighted by Gasteiger charge is 2.20. The second-order valence-corrected chi connectivity index (χ2v) is 17.2. The lowest BCUT2D eigenvalue weighted by molar-refractivity contribution is -0.870. The Morgan fingerprint density at radius 3 is 1.48 bits per heavy atom. The van der Waals surface area contributed by atoms with Gasteiger partial charge in [0.25, 0.3) is 7.82 Å². The van der Waals surface area contributed by atoms with Gasteiger partial charge in [-0.25, -0.2) is 0 Å². The lowest BCUT2D eigenvalue weighted by Gasteiger charge is -2.28. The van der Waals surface area contributed by atoms with E-state index in [1.54, 1.807) is 6.26 Å². The molecular weight excluding hydrogens is 673 g/mol. The van der Waals surface area contributed by atoms with Crippen LogP contribution in [0.2, 0.25) is 0 Å². The highest BCUT2D eigenvalue weighted by molar-refractivity contribution is 7.45. The number of rotatable bonds is 40. The highest BCUT2D eigenvalue weighted by Crippen LogP contribution is 2.38. The lowest BCUT2D eigenvalue weighted by atomic mass is 10.0. The average Bonchev–Trinajstić information content (AvgIpc) is 3.09. The number of quaternary nitrogens is 1. The zero-order valence-electron chi connectivity index (χ0n) is 34.8. The van der Waals surface area contributed by atoms with Gasteiger partial charge in [-0.3, -0.25) is 9.36 Å². The second-order valence-electron chi connectivity index (χ2n) is 15.8. The normalized spacial score (nSPS) is 14.0. The van der Waals surface area contributed by atoms with Crippen LogP contribution < -0.4 is 4.89 Å². The van der Waals surface area contributed by atoms with Crippen molar-refractivity contribution in [2.24, 2.45) is 0 Å². The van der Waals surface area contributed by atoms with Crippen LogP contribution in [-0.2, 0) is 27.9 Å². The monoisotopic (exact) mass is 758 g/mol. The Labute approximate surface area is 322 Å². The van der Waals surface area contributed by atoms with E-state index in [0.29, 0.717) is 17.4 Å². The number of esters is 1. The summed E-state index contributed by atoms with van der Waals surface area (Å²) in [6.45, 7) is 4.73. The predicted octanol–water partition coefficient (Wildman–Crippen LogP) is 12.2. The van der Waals surface area contributed by atoms with Gasteiger partial charge in [-0.1, -0.05) is 154 Å². The van der Waals surface area contributed by atoms with Crippen LogP contribution in [0.5, 0.6) is 0 Å². The molecule has 0 aliphatic rings. The zero-order valence-corrected chi connectivity index (χ0v) is 35.7. The van der Waals surface area contributed by atoms with E-state index in [4.69, 9.17) is 18.5 Å². The van der Waals surface area contributed by atoms with E-state index in [-0.39, 0.29) is 25.8 Å². The van der Waals surface area contributed by atoms with Gasteiger partial charge in [0.2, 0.25) is 0 Å². The van der Waals surface area contributed by atoms with Gasteiger partial charge in [0, 0.05) is 6.42 Å². The topological polar surface area (TPSA) is 94.1 Å². The first-order valence-electron chi connectivity index (χ1n) is 21.6. The minimum absolute atomic E-state index is 0.0165. The molecule has 2 atom stereocenters. The summed E-state index contributed by atoms with van der Waals surface area (Å²) >= 11 is 0. The largest absolute Gasteiger partial charge is 0.756 e. The van der Waals surface area contributed by atoms with Crippen molar-refractivity contribution in [2.45, 2.75) is 200 Å². The van der Waals surface area contributed by atoms with Crippen molar-refractivity contribution < 1.29 is 37.3 Å². The Balaban J connectivity index is 4.29. The molecule has 0 N–H and O–H groups in total. The van der Waals surface area contributed by atoms with E-state index in [0.717, 1.165) is 44.9 Å². The molecule has 308 valence electrons. The second kappa shape index (κ2) is 36.8. The number of carbonyl (C=O) groups is 1. The molecular formula is C43H84NO7P. The standard InChI is InChI=1S/C43H84NO7P/c1-6-8-10-12-14-16-18-20-22-23-25-27-29-31-33-35-38-48-40-42(41-50-52(46,47)49-39-37-44(3,4)5)51-43(45)36-34-32-30-28-26-24-21-19-17-15-13-11-9-7-2/h19,21,35,38,42H,6-18,20,22-34,36-37,39-41H2,1-5H3/b21-19+,38-35+/t42-/m1/s1. The maximum Gasteiger partial charge on any atom is 0.306 e. The maximum atomic E-state index is 12.6. The number of phosphoric acid groups is 1. The van der Waals surface area contributed by atoms with Gasteiger partial charge in [0.05, 0.1) is 34.0 Å². The first-order chi connectivity index (χ1) is 25.1. The molecule has 0 saturated heterocycles. The van der Waals surface area contributed by atoms with Crippen molar-refractivity contribution in [2.75, 3.05) is 47.5 Å². The van der Waals surface area contributed by atoms with Crippen molar-refractivity contribution in [3.05, 3.63) is 24.5 Å². The Morgan fingerprint density at radius 2 is 1.02 bits per heavy atom. The number of ether oxygens (including phenoxy) is 2. The number of hydrogen-bond acceptors (Lipinski definition) is 7. The molecule has 0 aliphatic carbocycles. The van der Waals surface area contributed by atoms with Crippen molar-refractivity contribution in [1.82, 2.24) is 0 Å². The Bertz CT molecular complexity index is 889. The van der Waals surface area contributed by atoms with Crippen LogP contribution in [0, 0.1) is 0 Å². The molecule has 52 heavy (non-hydrogen) atoms. The molecule has 8 nitrogen and oxygen atoms in total. The zero-order chi connectivity index (χ0) is 38.4. The van der Waals surface area contributed by atoms with E-state index in [1.807, 2.05) is 27.2 Å². The maximum absolute atomic E-state index is 12.6. The molecule has 0 fully saturated rings. The molecule has 1 unspecified atom stereocenters. The van der Waals surface area contributed by atoms with Crippen LogP contribution in [0.25, 0.3) is 0 Å². The SMILES string of the molecule is CCCCCCC/C=C/CCCCCCCC(=O)O[C@H](CO/C=C/CCCCCCCCCCCCCCCC)COP(=O)([O-])OCC[N+](C)(C)C. The first kappa shape index (κ1) is 50.8. The summed E-state index contributed by atoms with van der Waals surface area (Å²) in [5.74, 6) is -0.364. The molecule has 9 heteroatoms. The molecule has 0 bridgehead atoms. The van der Waals surface area contributed by atoms with E-state index in [9.17, 15) is 14.3 Å². The summed E-state index contributed by atoms with van der Waals surface area (Å²) in [4.78, 5) is 25.0. The number of unbranched alkanes of at least 4 members (excludes halogenated alkanes) is 24. The summed E-state index contributed by atoms with van der Waals surface area (Å²) in [6, 6.07) is 0. The van der Waals surface area contributed by atoms with Crippen molar-refractivity contribution in [3.63, 3.8) is 0 Å². The molecule has 0 saturated carbocycles. The van der Waals surface area contributed by atoms with E-state index >= 15 is 0 Å². The summed E-state index contributed by atoms with van der Waals surface area (Å²) in [7, 11) is 1.32. The minimum Gasteiger partial charge on any atom is -0.756 e. The summed E-state index contributed by atoms with van der Waals surface area (Å²) in [5, 5.41) is 0. The van der Waals surface area contributed by atoms with Crippen LogP contribution in [-0.4, -0.2) is 64.1 Å². The highest BCUT2D eigenvalue weighted by atomic mass is 31.2. The number of likely N-dealkylation sites (N-methyl/N-ethyl adjacent to an activating group) is 1. The van der Waals surface area contributed by atoms with Gasteiger partial charge in [-0.2, -0.15) is 0 Å². The van der Waals surface area contributed by atoms with Gasteiger partial charge in [-0.15, -0.1) is 0 Å². The molecule has 0 spiro atoms. The smallest absolute Gasteiger partial charge is 0.306 e. The quantitative estimate of drug-likeness (QED) is 0.0153. The van der Waals surface area contributed by atoms with E-state index < -0.39 is 13.9 Å². The van der Waals surface area contributed by atoms with Gasteiger partial charge >= 0.3 is 5.97 Å². The fourth-order valence-corrected chi connectivity index (χ4v) is 6.65. The summed E-state index contributed by atoms with van der Waals surface area (Å²) in [6.07, 6.45) is 41.3. The van der Waals surface area contributed by atoms with Crippen LogP contribution in [0.4, 0.5) is 0 Å². The molecule has 0 radical (unpaired) electrons. The Morgan fingerprint density at radius 1 is 0.596 bits per heavy atom. The first-order valence-corrected chi connectivity index (χ1v) is 23.1. The molecule has 0 aromatic carbocycles. The van der Waals surface area contributed by atoms with Crippen molar-refractivity contribution in [1.29, 1.82) is 0 Å². The Hall–Kier alpha value is -1.18. The van der Waals surface area contributed by atoms with Crippen LogP contribution in [0.1, 0.15) is 194 Å². The number of allylic oxidation sites excluding steroid dienone is 3. The van der Waals surface area contributed by atoms with Gasteiger partial charge in [0.15, 0.2) is 6.10 Å². The molecule has 0 aromatic rings. The molecule has 0 rings (SSSR count). The van der Waals surface area contributed by atoms with Gasteiger partial charge in [0.1, 0.15) is 19.8 Å². The Kier molecular flexibility index (Phi) is 35.9. The lowest BCUT2D eigenvalue weighted by Crippen LogP contribution is -2.37. The number of hydrogen-bond donors (Lipinski definition) is 0. The minimum atomic E-state index is -4.54. The van der Waals surface area contributed by atoms with Crippen molar-refractivity contribution >= 4 is 13.8 Å². The molecule has 0 aliphatic heterocycles. The van der Waals surface area contributed by atoms with Crippen LogP contribution >= 0.6 is 7.82 Å². The fraction of sp³-hybridized carbons (Fsp3) is 0.884. The van der Waals surface area contributed by atoms with Crippen LogP contribution in [0.15, 0.2) is 24.5 Å². The number of carbonyl (C=O) groups excluding carboxylic acids is 1. The number of nitrogens with zero attached hydrogens (tertiary/aromatic N) is 1. The summed E-state index contributed by atoms with van der Waals surface area (Å²) < 4.78 is 34.3. The van der Waals surface area contributed by atoms with Gasteiger partial charge in [-0.05, 0) is 51.0 Å². The molecule has 0 heterocycles.